The molecule has 0 saturated heterocycles. The Kier molecular flexibility index (Phi) is 8.90. The van der Waals surface area contributed by atoms with Crippen molar-refractivity contribution >= 4 is 52.0 Å². The number of aryl methyl sites for hydroxylation is 3. The number of fused-ring (bicyclic) bond motifs is 2. The quantitative estimate of drug-likeness (QED) is 0.142. The Morgan fingerprint density at radius 1 is 0.938 bits per heavy atom. The lowest BCUT2D eigenvalue weighted by Gasteiger charge is -2.12. The second-order valence-corrected chi connectivity index (χ2v) is 7.62. The van der Waals surface area contributed by atoms with Crippen LogP contribution in [0.2, 0.25) is 0 Å². The minimum absolute atomic E-state index is 0. The maximum absolute atomic E-state index is 4.74. The number of halogens is 1. The molecule has 0 aliphatic rings. The van der Waals surface area contributed by atoms with Gasteiger partial charge in [0, 0.05) is 32.7 Å². The van der Waals surface area contributed by atoms with Gasteiger partial charge in [0.25, 0.3) is 0 Å². The summed E-state index contributed by atoms with van der Waals surface area (Å²) in [6, 6.07) is 16.6. The molecule has 0 saturated carbocycles. The van der Waals surface area contributed by atoms with E-state index in [9.17, 15) is 0 Å². The molecule has 0 amide bonds. The lowest BCUT2D eigenvalue weighted by molar-refractivity contribution is 0.622. The SMILES string of the molecule is CCNC(=NCCCn1cnc2ccccc21)NCCCn1c(C)nc2ccccc21.I. The van der Waals surface area contributed by atoms with E-state index in [1.165, 1.54) is 11.0 Å². The molecule has 0 radical (unpaired) electrons. The van der Waals surface area contributed by atoms with Gasteiger partial charge >= 0.3 is 0 Å². The smallest absolute Gasteiger partial charge is 0.191 e. The molecule has 0 aliphatic carbocycles. The number of hydrogen-bond donors (Lipinski definition) is 2. The Hall–Kier alpha value is -2.62. The molecule has 8 heteroatoms. The summed E-state index contributed by atoms with van der Waals surface area (Å²) in [5, 5.41) is 6.80. The zero-order valence-corrected chi connectivity index (χ0v) is 21.1. The third-order valence-electron chi connectivity index (χ3n) is 5.39. The van der Waals surface area contributed by atoms with Crippen LogP contribution in [0.3, 0.4) is 0 Å². The molecule has 0 fully saturated rings. The van der Waals surface area contributed by atoms with Crippen LogP contribution >= 0.6 is 24.0 Å². The number of aliphatic imine (C=N–C) groups is 1. The average Bonchev–Trinajstić information content (AvgIpc) is 3.34. The number of guanidine groups is 1. The lowest BCUT2D eigenvalue weighted by Crippen LogP contribution is -2.38. The number of hydrogen-bond acceptors (Lipinski definition) is 3. The molecule has 0 unspecified atom stereocenters. The summed E-state index contributed by atoms with van der Waals surface area (Å²) in [6.07, 6.45) is 3.89. The van der Waals surface area contributed by atoms with Gasteiger partial charge in [0.05, 0.1) is 28.4 Å². The Balaban J connectivity index is 0.00000289. The van der Waals surface area contributed by atoms with Crippen LogP contribution in [-0.2, 0) is 13.1 Å². The number of benzene rings is 2. The van der Waals surface area contributed by atoms with Crippen molar-refractivity contribution in [2.24, 2.45) is 4.99 Å². The van der Waals surface area contributed by atoms with Crippen molar-refractivity contribution in [1.82, 2.24) is 29.7 Å². The van der Waals surface area contributed by atoms with E-state index in [2.05, 4.69) is 73.9 Å². The maximum atomic E-state index is 4.74. The summed E-state index contributed by atoms with van der Waals surface area (Å²) in [4.78, 5) is 13.8. The van der Waals surface area contributed by atoms with Gasteiger partial charge in [0.1, 0.15) is 5.82 Å². The van der Waals surface area contributed by atoms with E-state index in [1.54, 1.807) is 0 Å². The Morgan fingerprint density at radius 3 is 2.50 bits per heavy atom. The van der Waals surface area contributed by atoms with Crippen LogP contribution in [0.5, 0.6) is 0 Å². The highest BCUT2D eigenvalue weighted by Crippen LogP contribution is 2.15. The highest BCUT2D eigenvalue weighted by molar-refractivity contribution is 14.0. The molecule has 2 N–H and O–H groups in total. The highest BCUT2D eigenvalue weighted by Gasteiger charge is 2.06. The van der Waals surface area contributed by atoms with Gasteiger partial charge in [-0.3, -0.25) is 4.99 Å². The summed E-state index contributed by atoms with van der Waals surface area (Å²) < 4.78 is 4.49. The molecule has 4 rings (SSSR count). The number of imidazole rings is 2. The van der Waals surface area contributed by atoms with Gasteiger partial charge in [-0.2, -0.15) is 0 Å². The number of aromatic nitrogens is 4. The average molecular weight is 545 g/mol. The number of para-hydroxylation sites is 4. The Morgan fingerprint density at radius 2 is 1.69 bits per heavy atom. The first-order valence-corrected chi connectivity index (χ1v) is 11.1. The van der Waals surface area contributed by atoms with Gasteiger partial charge in [0.15, 0.2) is 5.96 Å². The summed E-state index contributed by atoms with van der Waals surface area (Å²) in [6.45, 7) is 8.50. The van der Waals surface area contributed by atoms with Crippen molar-refractivity contribution in [3.8, 4) is 0 Å². The molecule has 2 aromatic heterocycles. The van der Waals surface area contributed by atoms with Crippen molar-refractivity contribution in [3.05, 3.63) is 60.7 Å². The van der Waals surface area contributed by atoms with Crippen molar-refractivity contribution in [2.45, 2.75) is 39.8 Å². The molecule has 170 valence electrons. The molecule has 7 nitrogen and oxygen atoms in total. The van der Waals surface area contributed by atoms with Crippen LogP contribution in [-0.4, -0.2) is 44.7 Å². The second-order valence-electron chi connectivity index (χ2n) is 7.62. The van der Waals surface area contributed by atoms with E-state index >= 15 is 0 Å². The van der Waals surface area contributed by atoms with Gasteiger partial charge in [-0.25, -0.2) is 9.97 Å². The normalized spacial score (nSPS) is 11.6. The molecular formula is C24H32IN7. The second kappa shape index (κ2) is 11.8. The zero-order chi connectivity index (χ0) is 21.5. The molecule has 0 spiro atoms. The van der Waals surface area contributed by atoms with E-state index in [0.29, 0.717) is 0 Å². The standard InChI is InChI=1S/C24H31N7.HI/c1-3-25-24(26-14-8-16-30-18-28-20-10-4-6-12-22(20)30)27-15-9-17-31-19(2)29-21-11-5-7-13-23(21)31;/h4-7,10-13,18H,3,8-9,14-17H2,1-2H3,(H2,25,26,27);1H. The predicted octanol–water partition coefficient (Wildman–Crippen LogP) is 4.35. The number of nitrogens with zero attached hydrogens (tertiary/aromatic N) is 5. The van der Waals surface area contributed by atoms with Gasteiger partial charge in [-0.1, -0.05) is 24.3 Å². The minimum Gasteiger partial charge on any atom is -0.357 e. The molecule has 2 aromatic carbocycles. The lowest BCUT2D eigenvalue weighted by atomic mass is 10.3. The molecule has 4 aromatic rings. The van der Waals surface area contributed by atoms with E-state index in [1.807, 2.05) is 24.5 Å². The largest absolute Gasteiger partial charge is 0.357 e. The molecule has 0 bridgehead atoms. The first kappa shape index (κ1) is 24.0. The summed E-state index contributed by atoms with van der Waals surface area (Å²) in [5.41, 5.74) is 4.49. The molecule has 32 heavy (non-hydrogen) atoms. The van der Waals surface area contributed by atoms with Gasteiger partial charge in [-0.15, -0.1) is 24.0 Å². The molecule has 0 atom stereocenters. The number of rotatable bonds is 9. The molecule has 0 aliphatic heterocycles. The van der Waals surface area contributed by atoms with Gasteiger partial charge < -0.3 is 19.8 Å². The summed E-state index contributed by atoms with van der Waals surface area (Å²) in [7, 11) is 0. The minimum atomic E-state index is 0. The fourth-order valence-electron chi connectivity index (χ4n) is 3.88. The maximum Gasteiger partial charge on any atom is 0.191 e. The van der Waals surface area contributed by atoms with Crippen LogP contribution in [0, 0.1) is 6.92 Å². The Labute approximate surface area is 206 Å². The van der Waals surface area contributed by atoms with Crippen LogP contribution in [0.4, 0.5) is 0 Å². The van der Waals surface area contributed by atoms with Crippen LogP contribution in [0.1, 0.15) is 25.6 Å². The fourth-order valence-corrected chi connectivity index (χ4v) is 3.88. The van der Waals surface area contributed by atoms with E-state index in [0.717, 1.165) is 68.4 Å². The van der Waals surface area contributed by atoms with Crippen molar-refractivity contribution in [2.75, 3.05) is 19.6 Å². The first-order valence-electron chi connectivity index (χ1n) is 11.1. The first-order chi connectivity index (χ1) is 15.3. The van der Waals surface area contributed by atoms with Crippen LogP contribution in [0.15, 0.2) is 59.9 Å². The topological polar surface area (TPSA) is 72.1 Å². The monoisotopic (exact) mass is 545 g/mol. The van der Waals surface area contributed by atoms with Gasteiger partial charge in [-0.05, 0) is 51.0 Å². The van der Waals surface area contributed by atoms with Crippen molar-refractivity contribution in [1.29, 1.82) is 0 Å². The van der Waals surface area contributed by atoms with Crippen molar-refractivity contribution in [3.63, 3.8) is 0 Å². The molecular weight excluding hydrogens is 513 g/mol. The van der Waals surface area contributed by atoms with Crippen molar-refractivity contribution < 1.29 is 0 Å². The van der Waals surface area contributed by atoms with E-state index in [4.69, 9.17) is 4.99 Å². The Bertz CT molecular complexity index is 1160. The number of nitrogens with one attached hydrogen (secondary N) is 2. The molecule has 2 heterocycles. The highest BCUT2D eigenvalue weighted by atomic mass is 127. The van der Waals surface area contributed by atoms with E-state index in [-0.39, 0.29) is 24.0 Å². The predicted molar refractivity (Wildman–Crippen MR) is 143 cm³/mol. The summed E-state index contributed by atoms with van der Waals surface area (Å²) in [5.74, 6) is 1.94. The summed E-state index contributed by atoms with van der Waals surface area (Å²) >= 11 is 0. The van der Waals surface area contributed by atoms with Crippen LogP contribution in [0.25, 0.3) is 22.1 Å². The van der Waals surface area contributed by atoms with Crippen LogP contribution < -0.4 is 10.6 Å². The zero-order valence-electron chi connectivity index (χ0n) is 18.8. The third kappa shape index (κ3) is 5.79. The fraction of sp³-hybridized carbons (Fsp3) is 0.375. The third-order valence-corrected chi connectivity index (χ3v) is 5.39. The van der Waals surface area contributed by atoms with Gasteiger partial charge in [0.2, 0.25) is 0 Å². The van der Waals surface area contributed by atoms with E-state index < -0.39 is 0 Å².